The molecule has 10 heteroatoms. The van der Waals surface area contributed by atoms with Gasteiger partial charge in [0.15, 0.2) is 5.82 Å². The lowest BCUT2D eigenvalue weighted by Crippen LogP contribution is -2.47. The standard InChI is InChI=1S/C24H18F6N4/c25-23(26,27)18-8-5-17(6-9-18)7-10-19-11-12-22(32-31-19)34-15-13-33(14-16-34)21-4-2-1-3-20(21)24(28,29)30/h1-6,8-9,11-12H,13-16H2. The Kier molecular flexibility index (Phi) is 6.37. The molecule has 0 spiro atoms. The summed E-state index contributed by atoms with van der Waals surface area (Å²) in [4.78, 5) is 3.63. The van der Waals surface area contributed by atoms with Crippen molar-refractivity contribution in [1.29, 1.82) is 0 Å². The molecule has 34 heavy (non-hydrogen) atoms. The molecule has 4 nitrogen and oxygen atoms in total. The third-order valence-electron chi connectivity index (χ3n) is 5.35. The number of rotatable bonds is 2. The van der Waals surface area contributed by atoms with Crippen LogP contribution in [-0.2, 0) is 12.4 Å². The minimum atomic E-state index is -4.42. The minimum absolute atomic E-state index is 0.162. The lowest BCUT2D eigenvalue weighted by Gasteiger charge is -2.37. The summed E-state index contributed by atoms with van der Waals surface area (Å²) in [5.74, 6) is 6.08. The monoisotopic (exact) mass is 476 g/mol. The normalized spacial score (nSPS) is 14.5. The molecule has 1 aliphatic rings. The van der Waals surface area contributed by atoms with Crippen LogP contribution in [0.15, 0.2) is 60.7 Å². The van der Waals surface area contributed by atoms with Crippen molar-refractivity contribution in [2.45, 2.75) is 12.4 Å². The second kappa shape index (κ2) is 9.25. The predicted octanol–water partition coefficient (Wildman–Crippen LogP) is 5.24. The summed E-state index contributed by atoms with van der Waals surface area (Å²) in [6, 6.07) is 13.4. The number of hydrogen-bond donors (Lipinski definition) is 0. The van der Waals surface area contributed by atoms with Crippen LogP contribution in [0.5, 0.6) is 0 Å². The van der Waals surface area contributed by atoms with Crippen LogP contribution in [0.1, 0.15) is 22.4 Å². The second-order valence-corrected chi connectivity index (χ2v) is 7.59. The highest BCUT2D eigenvalue weighted by Crippen LogP contribution is 2.36. The van der Waals surface area contributed by atoms with E-state index in [2.05, 4.69) is 22.0 Å². The molecule has 3 aromatic rings. The van der Waals surface area contributed by atoms with E-state index in [-0.39, 0.29) is 5.69 Å². The van der Waals surface area contributed by atoms with Gasteiger partial charge in [-0.3, -0.25) is 0 Å². The Balaban J connectivity index is 1.39. The molecule has 1 aliphatic heterocycles. The number of nitrogens with zero attached hydrogens (tertiary/aromatic N) is 4. The predicted molar refractivity (Wildman–Crippen MR) is 115 cm³/mol. The molecule has 0 amide bonds. The molecule has 0 saturated carbocycles. The largest absolute Gasteiger partial charge is 0.418 e. The summed E-state index contributed by atoms with van der Waals surface area (Å²) < 4.78 is 77.8. The molecule has 0 atom stereocenters. The quantitative estimate of drug-likeness (QED) is 0.374. The number of aromatic nitrogens is 2. The summed E-state index contributed by atoms with van der Waals surface area (Å²) in [7, 11) is 0. The molecule has 0 N–H and O–H groups in total. The Morgan fingerprint density at radius 3 is 1.88 bits per heavy atom. The van der Waals surface area contributed by atoms with Crippen LogP contribution >= 0.6 is 0 Å². The van der Waals surface area contributed by atoms with Gasteiger partial charge in [-0.1, -0.05) is 18.1 Å². The first kappa shape index (κ1) is 23.4. The Morgan fingerprint density at radius 1 is 0.647 bits per heavy atom. The van der Waals surface area contributed by atoms with Gasteiger partial charge in [0.2, 0.25) is 0 Å². The molecule has 4 rings (SSSR count). The molecule has 2 heterocycles. The molecule has 1 fully saturated rings. The van der Waals surface area contributed by atoms with Gasteiger partial charge in [-0.05, 0) is 54.5 Å². The van der Waals surface area contributed by atoms with Crippen molar-refractivity contribution >= 4 is 11.5 Å². The maximum Gasteiger partial charge on any atom is 0.418 e. The fraction of sp³-hybridized carbons (Fsp3) is 0.250. The van der Waals surface area contributed by atoms with Gasteiger partial charge >= 0.3 is 12.4 Å². The number of anilines is 2. The zero-order valence-corrected chi connectivity index (χ0v) is 17.7. The van der Waals surface area contributed by atoms with Crippen molar-refractivity contribution in [3.05, 3.63) is 83.0 Å². The number of para-hydroxylation sites is 1. The number of halogens is 6. The van der Waals surface area contributed by atoms with Crippen LogP contribution in [-0.4, -0.2) is 36.4 Å². The molecule has 0 aliphatic carbocycles. The summed E-state index contributed by atoms with van der Waals surface area (Å²) in [5.41, 5.74) is -0.478. The van der Waals surface area contributed by atoms with Crippen LogP contribution in [0.4, 0.5) is 37.8 Å². The summed E-state index contributed by atoms with van der Waals surface area (Å²) in [6.07, 6.45) is -8.82. The number of hydrogen-bond acceptors (Lipinski definition) is 4. The van der Waals surface area contributed by atoms with E-state index >= 15 is 0 Å². The van der Waals surface area contributed by atoms with Gasteiger partial charge < -0.3 is 9.80 Å². The summed E-state index contributed by atoms with van der Waals surface area (Å²) in [6.45, 7) is 1.73. The fourth-order valence-corrected chi connectivity index (χ4v) is 3.60. The van der Waals surface area contributed by atoms with Crippen molar-refractivity contribution < 1.29 is 26.3 Å². The highest BCUT2D eigenvalue weighted by Gasteiger charge is 2.35. The third kappa shape index (κ3) is 5.42. The van der Waals surface area contributed by atoms with Crippen molar-refractivity contribution in [2.24, 2.45) is 0 Å². The van der Waals surface area contributed by atoms with E-state index in [1.165, 1.54) is 24.3 Å². The Morgan fingerprint density at radius 2 is 1.29 bits per heavy atom. The lowest BCUT2D eigenvalue weighted by atomic mass is 10.1. The molecule has 0 bridgehead atoms. The maximum absolute atomic E-state index is 13.3. The van der Waals surface area contributed by atoms with Gasteiger partial charge in [-0.15, -0.1) is 10.2 Å². The molecule has 2 aromatic carbocycles. The van der Waals surface area contributed by atoms with Crippen LogP contribution in [0, 0.1) is 11.8 Å². The van der Waals surface area contributed by atoms with E-state index in [0.29, 0.717) is 43.3 Å². The molecular formula is C24H18F6N4. The van der Waals surface area contributed by atoms with Gasteiger partial charge in [0, 0.05) is 37.4 Å². The van der Waals surface area contributed by atoms with Crippen molar-refractivity contribution in [1.82, 2.24) is 10.2 Å². The van der Waals surface area contributed by atoms with Crippen LogP contribution in [0.2, 0.25) is 0 Å². The van der Waals surface area contributed by atoms with Crippen LogP contribution in [0.3, 0.4) is 0 Å². The summed E-state index contributed by atoms with van der Waals surface area (Å²) in [5, 5.41) is 8.18. The number of benzene rings is 2. The van der Waals surface area contributed by atoms with E-state index in [4.69, 9.17) is 0 Å². The van der Waals surface area contributed by atoms with Gasteiger partial charge in [0.1, 0.15) is 5.69 Å². The van der Waals surface area contributed by atoms with E-state index in [1.54, 1.807) is 23.1 Å². The minimum Gasteiger partial charge on any atom is -0.367 e. The van der Waals surface area contributed by atoms with E-state index in [1.807, 2.05) is 4.90 Å². The molecule has 0 unspecified atom stereocenters. The summed E-state index contributed by atoms with van der Waals surface area (Å²) >= 11 is 0. The average Bonchev–Trinajstić information content (AvgIpc) is 2.82. The fourth-order valence-electron chi connectivity index (χ4n) is 3.60. The number of piperazine rings is 1. The molecule has 1 aromatic heterocycles. The van der Waals surface area contributed by atoms with Crippen molar-refractivity contribution in [3.8, 4) is 11.8 Å². The van der Waals surface area contributed by atoms with Crippen molar-refractivity contribution in [2.75, 3.05) is 36.0 Å². The average molecular weight is 476 g/mol. The van der Waals surface area contributed by atoms with Crippen molar-refractivity contribution in [3.63, 3.8) is 0 Å². The Bertz CT molecular complexity index is 1180. The van der Waals surface area contributed by atoms with Crippen LogP contribution < -0.4 is 9.80 Å². The maximum atomic E-state index is 13.3. The van der Waals surface area contributed by atoms with E-state index in [9.17, 15) is 26.3 Å². The van der Waals surface area contributed by atoms with Gasteiger partial charge in [-0.25, -0.2) is 0 Å². The first-order valence-corrected chi connectivity index (χ1v) is 10.3. The smallest absolute Gasteiger partial charge is 0.367 e. The lowest BCUT2D eigenvalue weighted by molar-refractivity contribution is -0.138. The molecular weight excluding hydrogens is 458 g/mol. The zero-order chi connectivity index (χ0) is 24.3. The molecule has 1 saturated heterocycles. The highest BCUT2D eigenvalue weighted by atomic mass is 19.4. The van der Waals surface area contributed by atoms with Gasteiger partial charge in [0.05, 0.1) is 11.1 Å². The number of alkyl halides is 6. The molecule has 176 valence electrons. The van der Waals surface area contributed by atoms with E-state index in [0.717, 1.165) is 18.2 Å². The first-order valence-electron chi connectivity index (χ1n) is 10.3. The highest BCUT2D eigenvalue weighted by molar-refractivity contribution is 5.56. The first-order chi connectivity index (χ1) is 16.1. The Hall–Kier alpha value is -3.74. The van der Waals surface area contributed by atoms with Gasteiger partial charge in [0.25, 0.3) is 0 Å². The Labute approximate surface area is 191 Å². The van der Waals surface area contributed by atoms with E-state index < -0.39 is 23.5 Å². The van der Waals surface area contributed by atoms with Crippen LogP contribution in [0.25, 0.3) is 0 Å². The third-order valence-corrected chi connectivity index (χ3v) is 5.35. The SMILES string of the molecule is FC(F)(F)c1ccc(C#Cc2ccc(N3CCN(c4ccccc4C(F)(F)F)CC3)nn2)cc1. The zero-order valence-electron chi connectivity index (χ0n) is 17.7. The molecule has 0 radical (unpaired) electrons. The second-order valence-electron chi connectivity index (χ2n) is 7.59. The topological polar surface area (TPSA) is 32.3 Å². The van der Waals surface area contributed by atoms with Gasteiger partial charge in [-0.2, -0.15) is 26.3 Å².